The predicted octanol–water partition coefficient (Wildman–Crippen LogP) is 0.818. The number of aromatic nitrogens is 4. The molecule has 8 heteroatoms. The van der Waals surface area contributed by atoms with Gasteiger partial charge in [-0.3, -0.25) is 5.43 Å². The molecular weight excluding hydrogens is 242 g/mol. The van der Waals surface area contributed by atoms with Crippen LogP contribution in [0.3, 0.4) is 0 Å². The van der Waals surface area contributed by atoms with E-state index in [0.29, 0.717) is 17.4 Å². The number of hydrogen-bond acceptors (Lipinski definition) is 7. The first-order chi connectivity index (χ1) is 8.29. The van der Waals surface area contributed by atoms with E-state index in [0.717, 1.165) is 5.69 Å². The zero-order valence-electron chi connectivity index (χ0n) is 8.76. The number of anilines is 2. The van der Waals surface area contributed by atoms with E-state index in [-0.39, 0.29) is 5.95 Å². The number of nitrogens with one attached hydrogen (secondary N) is 2. The van der Waals surface area contributed by atoms with E-state index in [1.54, 1.807) is 12.3 Å². The summed E-state index contributed by atoms with van der Waals surface area (Å²) in [4.78, 5) is 7.93. The highest BCUT2D eigenvalue weighted by molar-refractivity contribution is 6.32. The van der Waals surface area contributed by atoms with Gasteiger partial charge in [0.2, 0.25) is 5.95 Å². The average molecular weight is 252 g/mol. The number of nitrogens with two attached hydrogens (primary N) is 1. The maximum atomic E-state index is 5.93. The summed E-state index contributed by atoms with van der Waals surface area (Å²) in [6, 6.07) is 3.65. The fourth-order valence-electron chi connectivity index (χ4n) is 1.16. The first-order valence-electron chi connectivity index (χ1n) is 4.79. The standard InChI is InChI=1S/C9H10ClN7/c10-7-5-13-9(16-11)15-8(7)12-4-6-2-1-3-14-17-6/h1-3,5H,4,11H2,(H2,12,13,15,16). The monoisotopic (exact) mass is 251 g/mol. The van der Waals surface area contributed by atoms with Crippen molar-refractivity contribution in [1.82, 2.24) is 20.2 Å². The Morgan fingerprint density at radius 1 is 1.41 bits per heavy atom. The molecule has 7 nitrogen and oxygen atoms in total. The number of rotatable bonds is 4. The Hall–Kier alpha value is -1.99. The Bertz CT molecular complexity index is 490. The van der Waals surface area contributed by atoms with E-state index >= 15 is 0 Å². The molecule has 2 rings (SSSR count). The molecule has 2 heterocycles. The van der Waals surface area contributed by atoms with Crippen LogP contribution < -0.4 is 16.6 Å². The van der Waals surface area contributed by atoms with Crippen molar-refractivity contribution < 1.29 is 0 Å². The van der Waals surface area contributed by atoms with E-state index < -0.39 is 0 Å². The van der Waals surface area contributed by atoms with Crippen LogP contribution in [0, 0.1) is 0 Å². The summed E-state index contributed by atoms with van der Waals surface area (Å²) in [6.45, 7) is 0.467. The quantitative estimate of drug-likeness (QED) is 0.546. The topological polar surface area (TPSA) is 102 Å². The SMILES string of the molecule is NNc1ncc(Cl)c(NCc2cccnn2)n1. The van der Waals surface area contributed by atoms with Crippen LogP contribution in [0.2, 0.25) is 5.02 Å². The summed E-state index contributed by atoms with van der Waals surface area (Å²) in [6.07, 6.45) is 3.07. The van der Waals surface area contributed by atoms with Crippen LogP contribution in [0.1, 0.15) is 5.69 Å². The molecule has 17 heavy (non-hydrogen) atoms. The zero-order chi connectivity index (χ0) is 12.1. The molecule has 2 aromatic heterocycles. The van der Waals surface area contributed by atoms with Crippen molar-refractivity contribution in [2.45, 2.75) is 6.54 Å². The summed E-state index contributed by atoms with van der Waals surface area (Å²) in [5, 5.41) is 11.1. The molecule has 0 aliphatic carbocycles. The second-order valence-corrected chi connectivity index (χ2v) is 3.51. The third-order valence-corrected chi connectivity index (χ3v) is 2.21. The van der Waals surface area contributed by atoms with Crippen LogP contribution in [-0.4, -0.2) is 20.2 Å². The lowest BCUT2D eigenvalue weighted by atomic mass is 10.4. The van der Waals surface area contributed by atoms with Gasteiger partial charge in [-0.25, -0.2) is 10.8 Å². The summed E-state index contributed by atoms with van der Waals surface area (Å²) in [5.41, 5.74) is 3.13. The number of nitrogen functional groups attached to an aromatic ring is 1. The molecule has 88 valence electrons. The van der Waals surface area contributed by atoms with Gasteiger partial charge in [-0.1, -0.05) is 11.6 Å². The number of hydrogen-bond donors (Lipinski definition) is 3. The first-order valence-corrected chi connectivity index (χ1v) is 5.17. The molecular formula is C9H10ClN7. The molecule has 0 aliphatic heterocycles. The molecule has 4 N–H and O–H groups in total. The van der Waals surface area contributed by atoms with Crippen molar-refractivity contribution in [3.8, 4) is 0 Å². The summed E-state index contributed by atoms with van der Waals surface area (Å²) >= 11 is 5.93. The second kappa shape index (κ2) is 5.37. The lowest BCUT2D eigenvalue weighted by molar-refractivity contribution is 0.919. The van der Waals surface area contributed by atoms with Crippen molar-refractivity contribution in [3.63, 3.8) is 0 Å². The van der Waals surface area contributed by atoms with Crippen LogP contribution in [0.25, 0.3) is 0 Å². The van der Waals surface area contributed by atoms with Crippen LogP contribution in [0.5, 0.6) is 0 Å². The summed E-state index contributed by atoms with van der Waals surface area (Å²) in [7, 11) is 0. The van der Waals surface area contributed by atoms with Crippen molar-refractivity contribution in [2.75, 3.05) is 10.7 Å². The molecule has 0 spiro atoms. The smallest absolute Gasteiger partial charge is 0.239 e. The summed E-state index contributed by atoms with van der Waals surface area (Å²) < 4.78 is 0. The predicted molar refractivity (Wildman–Crippen MR) is 64.2 cm³/mol. The fourth-order valence-corrected chi connectivity index (χ4v) is 1.32. The molecule has 0 saturated heterocycles. The maximum Gasteiger partial charge on any atom is 0.239 e. The Labute approximate surface area is 102 Å². The molecule has 0 atom stereocenters. The normalized spacial score (nSPS) is 10.0. The fraction of sp³-hybridized carbons (Fsp3) is 0.111. The molecule has 0 amide bonds. The van der Waals surface area contributed by atoms with Crippen LogP contribution in [0.15, 0.2) is 24.5 Å². The molecule has 0 unspecified atom stereocenters. The highest BCUT2D eigenvalue weighted by Gasteiger charge is 2.04. The highest BCUT2D eigenvalue weighted by Crippen LogP contribution is 2.19. The van der Waals surface area contributed by atoms with Crippen molar-refractivity contribution in [2.24, 2.45) is 5.84 Å². The van der Waals surface area contributed by atoms with E-state index in [2.05, 4.69) is 30.9 Å². The van der Waals surface area contributed by atoms with E-state index in [9.17, 15) is 0 Å². The van der Waals surface area contributed by atoms with E-state index in [1.165, 1.54) is 6.20 Å². The van der Waals surface area contributed by atoms with Crippen molar-refractivity contribution in [3.05, 3.63) is 35.2 Å². The lowest BCUT2D eigenvalue weighted by Gasteiger charge is -2.07. The Balaban J connectivity index is 2.08. The Kier molecular flexibility index (Phi) is 3.63. The van der Waals surface area contributed by atoms with Gasteiger partial charge < -0.3 is 5.32 Å². The molecule has 0 radical (unpaired) electrons. The van der Waals surface area contributed by atoms with Crippen LogP contribution >= 0.6 is 11.6 Å². The average Bonchev–Trinajstić information content (AvgIpc) is 2.39. The van der Waals surface area contributed by atoms with Crippen LogP contribution in [-0.2, 0) is 6.54 Å². The zero-order valence-corrected chi connectivity index (χ0v) is 9.52. The third-order valence-electron chi connectivity index (χ3n) is 1.94. The molecule has 2 aromatic rings. The lowest BCUT2D eigenvalue weighted by Crippen LogP contribution is -2.12. The Morgan fingerprint density at radius 3 is 3.00 bits per heavy atom. The largest absolute Gasteiger partial charge is 0.363 e. The minimum absolute atomic E-state index is 0.288. The van der Waals surface area contributed by atoms with Gasteiger partial charge in [-0.15, -0.1) is 0 Å². The molecule has 0 aromatic carbocycles. The highest BCUT2D eigenvalue weighted by atomic mass is 35.5. The van der Waals surface area contributed by atoms with E-state index in [1.807, 2.05) is 6.07 Å². The molecule has 0 fully saturated rings. The van der Waals surface area contributed by atoms with Gasteiger partial charge in [-0.2, -0.15) is 15.2 Å². The molecule has 0 saturated carbocycles. The minimum Gasteiger partial charge on any atom is -0.363 e. The molecule has 0 aliphatic rings. The third kappa shape index (κ3) is 2.99. The first kappa shape index (κ1) is 11.5. The number of hydrazine groups is 1. The van der Waals surface area contributed by atoms with Gasteiger partial charge in [0.05, 0.1) is 18.4 Å². The number of nitrogens with zero attached hydrogens (tertiary/aromatic N) is 4. The molecule has 0 bridgehead atoms. The van der Waals surface area contributed by atoms with Crippen molar-refractivity contribution in [1.29, 1.82) is 0 Å². The van der Waals surface area contributed by atoms with Gasteiger partial charge in [0.25, 0.3) is 0 Å². The van der Waals surface area contributed by atoms with Crippen molar-refractivity contribution >= 4 is 23.4 Å². The summed E-state index contributed by atoms with van der Waals surface area (Å²) in [5.74, 6) is 5.98. The van der Waals surface area contributed by atoms with Gasteiger partial charge in [-0.05, 0) is 12.1 Å². The number of halogens is 1. The minimum atomic E-state index is 0.288. The van der Waals surface area contributed by atoms with E-state index in [4.69, 9.17) is 17.4 Å². The Morgan fingerprint density at radius 2 is 2.29 bits per heavy atom. The second-order valence-electron chi connectivity index (χ2n) is 3.10. The maximum absolute atomic E-state index is 5.93. The van der Waals surface area contributed by atoms with Gasteiger partial charge in [0.15, 0.2) is 5.82 Å². The van der Waals surface area contributed by atoms with Gasteiger partial charge in [0.1, 0.15) is 5.02 Å². The van der Waals surface area contributed by atoms with Gasteiger partial charge in [0, 0.05) is 6.20 Å². The van der Waals surface area contributed by atoms with Gasteiger partial charge >= 0.3 is 0 Å². The van der Waals surface area contributed by atoms with Crippen LogP contribution in [0.4, 0.5) is 11.8 Å².